The van der Waals surface area contributed by atoms with Crippen molar-refractivity contribution < 1.29 is 18.3 Å². The van der Waals surface area contributed by atoms with E-state index in [4.69, 9.17) is 5.11 Å². The largest absolute Gasteiger partial charge is 0.396 e. The lowest BCUT2D eigenvalue weighted by molar-refractivity contribution is -0.0749. The van der Waals surface area contributed by atoms with Crippen molar-refractivity contribution in [3.05, 3.63) is 32.9 Å². The first-order valence-electron chi connectivity index (χ1n) is 4.99. The number of thioether (sulfide) groups is 1. The molecule has 2 N–H and O–H groups in total. The number of H-pyrrole nitrogens is 1. The maximum Gasteiger partial charge on any atom is 0.329 e. The van der Waals surface area contributed by atoms with E-state index >= 15 is 0 Å². The molecular formula is C9H9F3N2O3S. The summed E-state index contributed by atoms with van der Waals surface area (Å²) >= 11 is 0.728. The van der Waals surface area contributed by atoms with E-state index in [0.29, 0.717) is 10.8 Å². The first kappa shape index (κ1) is 13.2. The zero-order valence-corrected chi connectivity index (χ0v) is 9.72. The predicted molar refractivity (Wildman–Crippen MR) is 58.3 cm³/mol. The van der Waals surface area contributed by atoms with Crippen molar-refractivity contribution >= 4 is 11.8 Å². The molecule has 2 heterocycles. The number of aliphatic hydroxyl groups excluding tert-OH is 1. The lowest BCUT2D eigenvalue weighted by atomic mass is 10.1. The van der Waals surface area contributed by atoms with Crippen molar-refractivity contribution in [2.24, 2.45) is 5.92 Å². The molecule has 0 unspecified atom stereocenters. The van der Waals surface area contributed by atoms with Gasteiger partial charge < -0.3 is 5.11 Å². The average molecular weight is 282 g/mol. The van der Waals surface area contributed by atoms with Crippen molar-refractivity contribution in [2.45, 2.75) is 11.3 Å². The molecule has 18 heavy (non-hydrogen) atoms. The Kier molecular flexibility index (Phi) is 3.28. The Balaban J connectivity index is 2.48. The first-order chi connectivity index (χ1) is 8.37. The Morgan fingerprint density at radius 3 is 2.78 bits per heavy atom. The van der Waals surface area contributed by atoms with Crippen molar-refractivity contribution in [1.29, 1.82) is 0 Å². The van der Waals surface area contributed by atoms with Crippen LogP contribution in [0.2, 0.25) is 0 Å². The molecule has 9 heteroatoms. The average Bonchev–Trinajstić information content (AvgIpc) is 2.58. The number of nitrogens with zero attached hydrogens (tertiary/aromatic N) is 1. The van der Waals surface area contributed by atoms with E-state index in [0.717, 1.165) is 11.8 Å². The third kappa shape index (κ3) is 1.97. The smallest absolute Gasteiger partial charge is 0.329 e. The van der Waals surface area contributed by atoms with E-state index in [1.54, 1.807) is 4.98 Å². The molecule has 1 aliphatic heterocycles. The highest BCUT2D eigenvalue weighted by Gasteiger charge is 2.54. The van der Waals surface area contributed by atoms with Gasteiger partial charge in [0.15, 0.2) is 0 Å². The van der Waals surface area contributed by atoms with Crippen LogP contribution in [0.1, 0.15) is 5.37 Å². The molecule has 1 aromatic rings. The van der Waals surface area contributed by atoms with Gasteiger partial charge in [0.2, 0.25) is 5.82 Å². The monoisotopic (exact) mass is 282 g/mol. The van der Waals surface area contributed by atoms with Crippen LogP contribution in [0.5, 0.6) is 0 Å². The fraction of sp³-hybridized carbons (Fsp3) is 0.556. The molecule has 0 saturated carbocycles. The molecule has 0 radical (unpaired) electrons. The van der Waals surface area contributed by atoms with Crippen LogP contribution < -0.4 is 11.2 Å². The standard InChI is InChI=1S/C9H9F3N2O3S/c10-5-1-14(8(17)13-6(5)16)7-9(11,12)4(2-15)3-18-7/h1,4,7,15H,2-3H2,(H,13,16,17)/t4-,7-/m0/s1. The molecule has 1 fully saturated rings. The zero-order valence-electron chi connectivity index (χ0n) is 8.90. The number of halogens is 3. The fourth-order valence-corrected chi connectivity index (χ4v) is 3.18. The molecule has 0 amide bonds. The summed E-state index contributed by atoms with van der Waals surface area (Å²) in [5, 5.41) is 7.19. The van der Waals surface area contributed by atoms with Gasteiger partial charge in [0, 0.05) is 5.75 Å². The Hall–Kier alpha value is -1.22. The minimum atomic E-state index is -3.35. The molecule has 2 rings (SSSR count). The van der Waals surface area contributed by atoms with Gasteiger partial charge in [0.25, 0.3) is 11.5 Å². The lowest BCUT2D eigenvalue weighted by Gasteiger charge is -2.23. The second-order valence-corrected chi connectivity index (χ2v) is 5.00. The number of hydrogen-bond donors (Lipinski definition) is 2. The molecule has 5 nitrogen and oxygen atoms in total. The van der Waals surface area contributed by atoms with Crippen molar-refractivity contribution in [3.63, 3.8) is 0 Å². The highest BCUT2D eigenvalue weighted by atomic mass is 32.2. The van der Waals surface area contributed by atoms with Gasteiger partial charge in [0.1, 0.15) is 5.37 Å². The van der Waals surface area contributed by atoms with E-state index in [-0.39, 0.29) is 5.75 Å². The van der Waals surface area contributed by atoms with Crippen LogP contribution in [0, 0.1) is 11.7 Å². The van der Waals surface area contributed by atoms with E-state index in [9.17, 15) is 22.8 Å². The third-order valence-corrected chi connectivity index (χ3v) is 4.18. The minimum Gasteiger partial charge on any atom is -0.396 e. The van der Waals surface area contributed by atoms with Crippen LogP contribution in [0.15, 0.2) is 15.8 Å². The summed E-state index contributed by atoms with van der Waals surface area (Å²) in [6.07, 6.45) is 0.465. The molecule has 2 atom stereocenters. The van der Waals surface area contributed by atoms with Crippen LogP contribution in [0.4, 0.5) is 13.2 Å². The van der Waals surface area contributed by atoms with E-state index in [1.807, 2.05) is 0 Å². The number of rotatable bonds is 2. The number of aromatic nitrogens is 2. The van der Waals surface area contributed by atoms with Gasteiger partial charge in [-0.1, -0.05) is 0 Å². The van der Waals surface area contributed by atoms with Crippen LogP contribution in [0.25, 0.3) is 0 Å². The van der Waals surface area contributed by atoms with E-state index < -0.39 is 40.9 Å². The molecule has 1 aliphatic rings. The van der Waals surface area contributed by atoms with Crippen LogP contribution in [0.3, 0.4) is 0 Å². The second-order valence-electron chi connectivity index (χ2n) is 3.88. The van der Waals surface area contributed by atoms with Crippen molar-refractivity contribution in [3.8, 4) is 0 Å². The molecular weight excluding hydrogens is 273 g/mol. The van der Waals surface area contributed by atoms with Crippen LogP contribution in [-0.2, 0) is 0 Å². The molecule has 100 valence electrons. The van der Waals surface area contributed by atoms with Gasteiger partial charge in [-0.2, -0.15) is 4.39 Å². The second kappa shape index (κ2) is 4.47. The molecule has 1 saturated heterocycles. The van der Waals surface area contributed by atoms with Crippen LogP contribution in [-0.4, -0.2) is 32.9 Å². The summed E-state index contributed by atoms with van der Waals surface area (Å²) in [5.74, 6) is -6.01. The summed E-state index contributed by atoms with van der Waals surface area (Å²) in [5.41, 5.74) is -2.35. The molecule has 0 spiro atoms. The van der Waals surface area contributed by atoms with Crippen molar-refractivity contribution in [2.75, 3.05) is 12.4 Å². The Bertz CT molecular complexity index is 571. The number of aromatic amines is 1. The SMILES string of the molecule is O=c1[nH]c(=O)n([C@H]2SC[C@H](CO)C2(F)F)cc1F. The Morgan fingerprint density at radius 1 is 1.56 bits per heavy atom. The van der Waals surface area contributed by atoms with Crippen molar-refractivity contribution in [1.82, 2.24) is 9.55 Å². The van der Waals surface area contributed by atoms with E-state index in [2.05, 4.69) is 0 Å². The molecule has 0 bridgehead atoms. The minimum absolute atomic E-state index is 0.0542. The highest BCUT2D eigenvalue weighted by molar-refractivity contribution is 7.99. The predicted octanol–water partition coefficient (Wildman–Crippen LogP) is 0.165. The summed E-state index contributed by atoms with van der Waals surface area (Å²) in [4.78, 5) is 23.8. The first-order valence-corrected chi connectivity index (χ1v) is 6.04. The third-order valence-electron chi connectivity index (χ3n) is 2.73. The molecule has 0 aromatic carbocycles. The molecule has 0 aliphatic carbocycles. The Morgan fingerprint density at radius 2 is 2.22 bits per heavy atom. The summed E-state index contributed by atoms with van der Waals surface area (Å²) in [6, 6.07) is 0. The van der Waals surface area contributed by atoms with E-state index in [1.165, 1.54) is 0 Å². The van der Waals surface area contributed by atoms with Gasteiger partial charge in [-0.25, -0.2) is 13.6 Å². The number of alkyl halides is 2. The quantitative estimate of drug-likeness (QED) is 0.810. The maximum absolute atomic E-state index is 13.8. The Labute approximate surface area is 103 Å². The summed E-state index contributed by atoms with van der Waals surface area (Å²) < 4.78 is 41.1. The van der Waals surface area contributed by atoms with Gasteiger partial charge in [0.05, 0.1) is 18.7 Å². The van der Waals surface area contributed by atoms with Gasteiger partial charge in [-0.15, -0.1) is 11.8 Å². The van der Waals surface area contributed by atoms with Gasteiger partial charge >= 0.3 is 5.69 Å². The highest BCUT2D eigenvalue weighted by Crippen LogP contribution is 2.50. The van der Waals surface area contributed by atoms with Gasteiger partial charge in [-0.05, 0) is 0 Å². The fourth-order valence-electron chi connectivity index (χ4n) is 1.71. The number of aliphatic hydroxyl groups is 1. The summed E-state index contributed by atoms with van der Waals surface area (Å²) in [6.45, 7) is -0.725. The number of nitrogens with one attached hydrogen (secondary N) is 1. The maximum atomic E-state index is 13.8. The normalized spacial score (nSPS) is 26.4. The number of hydrogen-bond acceptors (Lipinski definition) is 4. The molecule has 1 aromatic heterocycles. The lowest BCUT2D eigenvalue weighted by Crippen LogP contribution is -2.40. The topological polar surface area (TPSA) is 75.1 Å². The van der Waals surface area contributed by atoms with Crippen LogP contribution >= 0.6 is 11.8 Å². The zero-order chi connectivity index (χ0) is 13.5. The van der Waals surface area contributed by atoms with Gasteiger partial charge in [-0.3, -0.25) is 14.3 Å². The summed E-state index contributed by atoms with van der Waals surface area (Å²) in [7, 11) is 0.